The molecule has 0 aliphatic rings. The minimum absolute atomic E-state index is 0.423. The summed E-state index contributed by atoms with van der Waals surface area (Å²) in [6, 6.07) is 13.1. The normalized spacial score (nSPS) is 10.5. The number of nitrogen functional groups attached to an aromatic ring is 1. The van der Waals surface area contributed by atoms with E-state index in [1.54, 1.807) is 20.3 Å². The summed E-state index contributed by atoms with van der Waals surface area (Å²) in [4.78, 5) is 8.74. The Morgan fingerprint density at radius 2 is 1.64 bits per heavy atom. The van der Waals surface area contributed by atoms with Crippen LogP contribution in [0.25, 0.3) is 10.9 Å². The number of nitrogens with zero attached hydrogens (tertiary/aromatic N) is 2. The first kappa shape index (κ1) is 13.9. The molecule has 1 aromatic heterocycles. The Labute approximate surface area is 127 Å². The molecule has 0 aliphatic heterocycles. The van der Waals surface area contributed by atoms with Gasteiger partial charge in [0.05, 0.1) is 19.7 Å². The highest BCUT2D eigenvalue weighted by atomic mass is 16.5. The van der Waals surface area contributed by atoms with Crippen LogP contribution in [-0.4, -0.2) is 24.2 Å². The van der Waals surface area contributed by atoms with Gasteiger partial charge in [0.2, 0.25) is 5.95 Å². The number of rotatable bonds is 4. The predicted octanol–water partition coefficient (Wildman–Crippen LogP) is 2.97. The molecule has 0 atom stereocenters. The van der Waals surface area contributed by atoms with Gasteiger partial charge in [0.25, 0.3) is 0 Å². The smallest absolute Gasteiger partial charge is 0.229 e. The van der Waals surface area contributed by atoms with Gasteiger partial charge in [-0.05, 0) is 12.1 Å². The number of aromatic nitrogens is 2. The summed E-state index contributed by atoms with van der Waals surface area (Å²) < 4.78 is 10.5. The molecule has 2 aromatic carbocycles. The van der Waals surface area contributed by atoms with Crippen LogP contribution in [0.3, 0.4) is 0 Å². The fourth-order valence-electron chi connectivity index (χ4n) is 2.17. The van der Waals surface area contributed by atoms with Crippen molar-refractivity contribution < 1.29 is 9.47 Å². The second-order valence-corrected chi connectivity index (χ2v) is 4.68. The van der Waals surface area contributed by atoms with Crippen molar-refractivity contribution in [3.8, 4) is 11.5 Å². The van der Waals surface area contributed by atoms with Crippen molar-refractivity contribution in [1.82, 2.24) is 9.97 Å². The highest BCUT2D eigenvalue weighted by Crippen LogP contribution is 2.28. The van der Waals surface area contributed by atoms with Crippen LogP contribution in [0.5, 0.6) is 11.5 Å². The van der Waals surface area contributed by atoms with Crippen LogP contribution in [0.15, 0.2) is 42.5 Å². The average Bonchev–Trinajstić information content (AvgIpc) is 2.54. The minimum Gasteiger partial charge on any atom is -0.497 e. The van der Waals surface area contributed by atoms with Gasteiger partial charge >= 0.3 is 0 Å². The van der Waals surface area contributed by atoms with E-state index in [2.05, 4.69) is 15.3 Å². The summed E-state index contributed by atoms with van der Waals surface area (Å²) >= 11 is 0. The number of para-hydroxylation sites is 1. The topological polar surface area (TPSA) is 82.3 Å². The van der Waals surface area contributed by atoms with Crippen LogP contribution < -0.4 is 20.5 Å². The Morgan fingerprint density at radius 1 is 0.955 bits per heavy atom. The number of ether oxygens (including phenoxy) is 2. The quantitative estimate of drug-likeness (QED) is 0.770. The zero-order chi connectivity index (χ0) is 15.5. The molecule has 0 aliphatic carbocycles. The second kappa shape index (κ2) is 5.77. The third-order valence-electron chi connectivity index (χ3n) is 3.24. The molecule has 6 nitrogen and oxygen atoms in total. The molecule has 3 rings (SSSR count). The lowest BCUT2D eigenvalue weighted by Crippen LogP contribution is -2.02. The molecule has 0 saturated carbocycles. The molecule has 112 valence electrons. The summed E-state index contributed by atoms with van der Waals surface area (Å²) in [7, 11) is 3.20. The third-order valence-corrected chi connectivity index (χ3v) is 3.24. The summed E-state index contributed by atoms with van der Waals surface area (Å²) in [6.45, 7) is 0. The number of methoxy groups -OCH3 is 2. The fraction of sp³-hybridized carbons (Fsp3) is 0.125. The van der Waals surface area contributed by atoms with E-state index < -0.39 is 0 Å². The molecule has 22 heavy (non-hydrogen) atoms. The van der Waals surface area contributed by atoms with Gasteiger partial charge in [-0.15, -0.1) is 0 Å². The number of nitrogens with one attached hydrogen (secondary N) is 1. The molecule has 3 aromatic rings. The molecule has 6 heteroatoms. The minimum atomic E-state index is 0.423. The largest absolute Gasteiger partial charge is 0.497 e. The van der Waals surface area contributed by atoms with Gasteiger partial charge in [-0.1, -0.05) is 12.1 Å². The van der Waals surface area contributed by atoms with E-state index in [-0.39, 0.29) is 0 Å². The molecule has 0 saturated heterocycles. The number of benzene rings is 2. The van der Waals surface area contributed by atoms with Crippen molar-refractivity contribution >= 4 is 28.4 Å². The molecule has 0 bridgehead atoms. The Bertz CT molecular complexity index is 798. The van der Waals surface area contributed by atoms with E-state index in [1.165, 1.54) is 0 Å². The molecule has 0 spiro atoms. The average molecular weight is 296 g/mol. The second-order valence-electron chi connectivity index (χ2n) is 4.68. The van der Waals surface area contributed by atoms with Crippen LogP contribution in [0, 0.1) is 0 Å². The Hall–Kier alpha value is -3.02. The van der Waals surface area contributed by atoms with E-state index in [9.17, 15) is 0 Å². The maximum absolute atomic E-state index is 5.98. The van der Waals surface area contributed by atoms with Gasteiger partial charge in [0.15, 0.2) is 0 Å². The van der Waals surface area contributed by atoms with Crippen molar-refractivity contribution in [2.24, 2.45) is 0 Å². The number of nitrogens with two attached hydrogens (primary N) is 1. The van der Waals surface area contributed by atoms with E-state index in [0.29, 0.717) is 23.3 Å². The summed E-state index contributed by atoms with van der Waals surface area (Å²) in [5, 5.41) is 3.95. The van der Waals surface area contributed by atoms with Crippen LogP contribution in [0.2, 0.25) is 0 Å². The molecule has 1 heterocycles. The molecule has 3 N–H and O–H groups in total. The van der Waals surface area contributed by atoms with Crippen LogP contribution in [-0.2, 0) is 0 Å². The van der Waals surface area contributed by atoms with Gasteiger partial charge in [-0.2, -0.15) is 4.98 Å². The zero-order valence-corrected chi connectivity index (χ0v) is 12.3. The Morgan fingerprint density at radius 3 is 2.32 bits per heavy atom. The summed E-state index contributed by atoms with van der Waals surface area (Å²) in [5.41, 5.74) is 7.52. The molecular weight excluding hydrogens is 280 g/mol. The Kier molecular flexibility index (Phi) is 3.65. The summed E-state index contributed by atoms with van der Waals surface area (Å²) in [6.07, 6.45) is 0. The first-order chi connectivity index (χ1) is 10.7. The van der Waals surface area contributed by atoms with E-state index in [4.69, 9.17) is 15.2 Å². The van der Waals surface area contributed by atoms with Crippen molar-refractivity contribution in [3.05, 3.63) is 42.5 Å². The highest BCUT2D eigenvalue weighted by molar-refractivity contribution is 5.89. The molecule has 0 unspecified atom stereocenters. The van der Waals surface area contributed by atoms with Gasteiger partial charge in [-0.25, -0.2) is 4.98 Å². The van der Waals surface area contributed by atoms with E-state index >= 15 is 0 Å². The number of hydrogen-bond donors (Lipinski definition) is 2. The van der Waals surface area contributed by atoms with E-state index in [1.807, 2.05) is 36.4 Å². The first-order valence-electron chi connectivity index (χ1n) is 6.72. The molecule has 0 radical (unpaired) electrons. The summed E-state index contributed by atoms with van der Waals surface area (Å²) in [5.74, 6) is 2.21. The lowest BCUT2D eigenvalue weighted by atomic mass is 10.2. The van der Waals surface area contributed by atoms with Gasteiger partial charge in [0, 0.05) is 29.3 Å². The van der Waals surface area contributed by atoms with Gasteiger partial charge in [-0.3, -0.25) is 0 Å². The van der Waals surface area contributed by atoms with Crippen molar-refractivity contribution in [1.29, 1.82) is 0 Å². The number of hydrogen-bond acceptors (Lipinski definition) is 6. The zero-order valence-electron chi connectivity index (χ0n) is 12.3. The van der Waals surface area contributed by atoms with Crippen LogP contribution in [0.1, 0.15) is 0 Å². The lowest BCUT2D eigenvalue weighted by molar-refractivity contribution is 0.395. The maximum atomic E-state index is 5.98. The van der Waals surface area contributed by atoms with Gasteiger partial charge < -0.3 is 20.5 Å². The standard InChI is InChI=1S/C16H16N4O2/c1-21-11-7-10(8-12(9-11)22-2)18-16-19-14-6-4-3-5-13(14)15(17)20-16/h3-9H,1-2H3,(H3,17,18,19,20). The first-order valence-corrected chi connectivity index (χ1v) is 6.72. The molecular formula is C16H16N4O2. The van der Waals surface area contributed by atoms with Crippen molar-refractivity contribution in [2.75, 3.05) is 25.3 Å². The monoisotopic (exact) mass is 296 g/mol. The van der Waals surface area contributed by atoms with Crippen molar-refractivity contribution in [3.63, 3.8) is 0 Å². The van der Waals surface area contributed by atoms with Crippen molar-refractivity contribution in [2.45, 2.75) is 0 Å². The lowest BCUT2D eigenvalue weighted by Gasteiger charge is -2.10. The van der Waals surface area contributed by atoms with Crippen LogP contribution in [0.4, 0.5) is 17.5 Å². The molecule has 0 fully saturated rings. The third kappa shape index (κ3) is 2.71. The number of anilines is 3. The Balaban J connectivity index is 1.99. The van der Waals surface area contributed by atoms with E-state index in [0.717, 1.165) is 16.6 Å². The maximum Gasteiger partial charge on any atom is 0.229 e. The molecule has 0 amide bonds. The fourth-order valence-corrected chi connectivity index (χ4v) is 2.17. The highest BCUT2D eigenvalue weighted by Gasteiger charge is 2.07. The van der Waals surface area contributed by atoms with Gasteiger partial charge in [0.1, 0.15) is 17.3 Å². The number of fused-ring (bicyclic) bond motifs is 1. The SMILES string of the molecule is COc1cc(Nc2nc(N)c3ccccc3n2)cc(OC)c1. The predicted molar refractivity (Wildman–Crippen MR) is 86.8 cm³/mol. The van der Waals surface area contributed by atoms with Crippen LogP contribution >= 0.6 is 0 Å².